The van der Waals surface area contributed by atoms with Crippen molar-refractivity contribution < 1.29 is 9.32 Å². The SMILES string of the molecule is Cc1ccc(-c2noc(CN3CCN(CCC(=O)NC(c4ccccc4)c4ccccc4)CC3)n2)cc1. The summed E-state index contributed by atoms with van der Waals surface area (Å²) in [7, 11) is 0. The smallest absolute Gasteiger partial charge is 0.241 e. The van der Waals surface area contributed by atoms with Gasteiger partial charge in [-0.25, -0.2) is 0 Å². The van der Waals surface area contributed by atoms with Gasteiger partial charge in [-0.1, -0.05) is 95.6 Å². The van der Waals surface area contributed by atoms with Gasteiger partial charge in [-0.2, -0.15) is 4.98 Å². The topological polar surface area (TPSA) is 74.5 Å². The van der Waals surface area contributed by atoms with Crippen LogP contribution in [0.25, 0.3) is 11.4 Å². The minimum atomic E-state index is -0.147. The molecular formula is C30H33N5O2. The number of nitrogens with one attached hydrogen (secondary N) is 1. The van der Waals surface area contributed by atoms with Gasteiger partial charge in [0.2, 0.25) is 17.6 Å². The van der Waals surface area contributed by atoms with Crippen LogP contribution in [0.1, 0.15) is 35.0 Å². The number of carbonyl (C=O) groups excluding carboxylic acids is 1. The summed E-state index contributed by atoms with van der Waals surface area (Å²) in [5.74, 6) is 1.33. The highest BCUT2D eigenvalue weighted by atomic mass is 16.5. The molecule has 0 unspecified atom stereocenters. The van der Waals surface area contributed by atoms with E-state index >= 15 is 0 Å². The number of nitrogens with zero attached hydrogens (tertiary/aromatic N) is 4. The number of benzene rings is 3. The van der Waals surface area contributed by atoms with Crippen molar-refractivity contribution in [2.24, 2.45) is 0 Å². The van der Waals surface area contributed by atoms with Crippen LogP contribution in [0.15, 0.2) is 89.5 Å². The minimum absolute atomic E-state index is 0.0645. The van der Waals surface area contributed by atoms with Crippen molar-refractivity contribution in [3.05, 3.63) is 108 Å². The van der Waals surface area contributed by atoms with E-state index in [4.69, 9.17) is 4.52 Å². The van der Waals surface area contributed by atoms with E-state index in [9.17, 15) is 4.79 Å². The van der Waals surface area contributed by atoms with Gasteiger partial charge < -0.3 is 14.7 Å². The Balaban J connectivity index is 1.09. The fourth-order valence-electron chi connectivity index (χ4n) is 4.64. The second-order valence-electron chi connectivity index (χ2n) is 9.57. The van der Waals surface area contributed by atoms with Crippen LogP contribution < -0.4 is 5.32 Å². The van der Waals surface area contributed by atoms with Gasteiger partial charge in [0.25, 0.3) is 0 Å². The summed E-state index contributed by atoms with van der Waals surface area (Å²) >= 11 is 0. The van der Waals surface area contributed by atoms with E-state index in [0.717, 1.165) is 49.4 Å². The van der Waals surface area contributed by atoms with Crippen molar-refractivity contribution in [2.45, 2.75) is 25.9 Å². The number of aryl methyl sites for hydroxylation is 1. The zero-order valence-corrected chi connectivity index (χ0v) is 21.2. The summed E-state index contributed by atoms with van der Waals surface area (Å²) in [6, 6.07) is 28.2. The van der Waals surface area contributed by atoms with Gasteiger partial charge >= 0.3 is 0 Å². The zero-order valence-electron chi connectivity index (χ0n) is 21.2. The van der Waals surface area contributed by atoms with Gasteiger partial charge in [0, 0.05) is 44.7 Å². The molecule has 1 aromatic heterocycles. The second kappa shape index (κ2) is 12.0. The average molecular weight is 496 g/mol. The molecule has 2 heterocycles. The molecule has 0 aliphatic carbocycles. The fourth-order valence-corrected chi connectivity index (χ4v) is 4.64. The van der Waals surface area contributed by atoms with Crippen LogP contribution in [0, 0.1) is 6.92 Å². The number of amides is 1. The first kappa shape index (κ1) is 24.9. The summed E-state index contributed by atoms with van der Waals surface area (Å²) in [5, 5.41) is 7.39. The summed E-state index contributed by atoms with van der Waals surface area (Å²) < 4.78 is 5.50. The van der Waals surface area contributed by atoms with Crippen LogP contribution in [0.3, 0.4) is 0 Å². The maximum Gasteiger partial charge on any atom is 0.241 e. The lowest BCUT2D eigenvalue weighted by Gasteiger charge is -2.33. The molecule has 0 bridgehead atoms. The molecule has 7 nitrogen and oxygen atoms in total. The van der Waals surface area contributed by atoms with Crippen LogP contribution in [0.2, 0.25) is 0 Å². The third-order valence-electron chi connectivity index (χ3n) is 6.83. The molecule has 1 aliphatic heterocycles. The molecule has 5 rings (SSSR count). The predicted octanol–water partition coefficient (Wildman–Crippen LogP) is 4.46. The largest absolute Gasteiger partial charge is 0.345 e. The summed E-state index contributed by atoms with van der Waals surface area (Å²) in [6.45, 7) is 7.07. The molecule has 3 aromatic carbocycles. The Morgan fingerprint density at radius 3 is 2.08 bits per heavy atom. The molecule has 0 radical (unpaired) electrons. The maximum absolute atomic E-state index is 12.9. The molecule has 1 amide bonds. The van der Waals surface area contributed by atoms with Crippen LogP contribution in [-0.4, -0.2) is 58.6 Å². The van der Waals surface area contributed by atoms with E-state index in [1.165, 1.54) is 5.56 Å². The number of hydrogen-bond donors (Lipinski definition) is 1. The van der Waals surface area contributed by atoms with E-state index in [2.05, 4.69) is 56.4 Å². The highest BCUT2D eigenvalue weighted by Crippen LogP contribution is 2.22. The molecule has 190 valence electrons. The molecule has 0 spiro atoms. The van der Waals surface area contributed by atoms with Crippen LogP contribution >= 0.6 is 0 Å². The average Bonchev–Trinajstić information content (AvgIpc) is 3.41. The highest BCUT2D eigenvalue weighted by molar-refractivity contribution is 5.77. The Bertz CT molecular complexity index is 1230. The van der Waals surface area contributed by atoms with Gasteiger partial charge in [0.1, 0.15) is 0 Å². The highest BCUT2D eigenvalue weighted by Gasteiger charge is 2.21. The quantitative estimate of drug-likeness (QED) is 0.370. The van der Waals surface area contributed by atoms with Gasteiger partial charge in [0.05, 0.1) is 12.6 Å². The molecule has 0 atom stereocenters. The Labute approximate surface area is 218 Å². The van der Waals surface area contributed by atoms with Crippen LogP contribution in [-0.2, 0) is 11.3 Å². The van der Waals surface area contributed by atoms with Gasteiger partial charge in [-0.05, 0) is 18.1 Å². The summed E-state index contributed by atoms with van der Waals surface area (Å²) in [4.78, 5) is 22.2. The number of rotatable bonds is 9. The van der Waals surface area contributed by atoms with Crippen LogP contribution in [0.4, 0.5) is 0 Å². The van der Waals surface area contributed by atoms with Crippen molar-refractivity contribution in [1.29, 1.82) is 0 Å². The second-order valence-corrected chi connectivity index (χ2v) is 9.57. The molecule has 37 heavy (non-hydrogen) atoms. The van der Waals surface area contributed by atoms with Crippen molar-refractivity contribution >= 4 is 5.91 Å². The van der Waals surface area contributed by atoms with Gasteiger partial charge in [-0.3, -0.25) is 9.69 Å². The van der Waals surface area contributed by atoms with Gasteiger partial charge in [-0.15, -0.1) is 0 Å². The lowest BCUT2D eigenvalue weighted by atomic mass is 9.98. The lowest BCUT2D eigenvalue weighted by Crippen LogP contribution is -2.46. The van der Waals surface area contributed by atoms with Crippen LogP contribution in [0.5, 0.6) is 0 Å². The normalized spacial score (nSPS) is 14.6. The van der Waals surface area contributed by atoms with E-state index in [0.29, 0.717) is 24.7 Å². The van der Waals surface area contributed by atoms with E-state index in [-0.39, 0.29) is 11.9 Å². The zero-order chi connectivity index (χ0) is 25.5. The number of hydrogen-bond acceptors (Lipinski definition) is 6. The first-order valence-corrected chi connectivity index (χ1v) is 12.9. The molecule has 0 saturated carbocycles. The Kier molecular flexibility index (Phi) is 8.03. The lowest BCUT2D eigenvalue weighted by molar-refractivity contribution is -0.122. The molecule has 4 aromatic rings. The molecule has 1 saturated heterocycles. The van der Waals surface area contributed by atoms with E-state index < -0.39 is 0 Å². The fraction of sp³-hybridized carbons (Fsp3) is 0.300. The maximum atomic E-state index is 12.9. The number of carbonyl (C=O) groups is 1. The standard InChI is InChI=1S/C30H33N5O2/c1-23-12-14-26(15-13-23)30-32-28(37-33-30)22-35-20-18-34(19-21-35)17-16-27(36)31-29(24-8-4-2-5-9-24)25-10-6-3-7-11-25/h2-15,29H,16-22H2,1H3,(H,31,36). The monoisotopic (exact) mass is 495 g/mol. The summed E-state index contributed by atoms with van der Waals surface area (Å²) in [6.07, 6.45) is 0.472. The van der Waals surface area contributed by atoms with E-state index in [1.807, 2.05) is 60.7 Å². The first-order chi connectivity index (χ1) is 18.1. The Morgan fingerprint density at radius 1 is 0.865 bits per heavy atom. The predicted molar refractivity (Wildman–Crippen MR) is 144 cm³/mol. The van der Waals surface area contributed by atoms with Crippen molar-refractivity contribution in [1.82, 2.24) is 25.3 Å². The number of piperazine rings is 1. The summed E-state index contributed by atoms with van der Waals surface area (Å²) in [5.41, 5.74) is 4.34. The minimum Gasteiger partial charge on any atom is -0.345 e. The van der Waals surface area contributed by atoms with E-state index in [1.54, 1.807) is 0 Å². The molecule has 1 N–H and O–H groups in total. The van der Waals surface area contributed by atoms with Crippen molar-refractivity contribution in [3.63, 3.8) is 0 Å². The molecule has 1 aliphatic rings. The molecular weight excluding hydrogens is 462 g/mol. The van der Waals surface area contributed by atoms with Crippen molar-refractivity contribution in [2.75, 3.05) is 32.7 Å². The third-order valence-corrected chi connectivity index (χ3v) is 6.83. The molecule has 1 fully saturated rings. The number of aromatic nitrogens is 2. The van der Waals surface area contributed by atoms with Crippen molar-refractivity contribution in [3.8, 4) is 11.4 Å². The molecule has 7 heteroatoms. The Morgan fingerprint density at radius 2 is 1.46 bits per heavy atom. The Hall–Kier alpha value is -3.81. The first-order valence-electron chi connectivity index (χ1n) is 12.9. The third kappa shape index (κ3) is 6.70. The van der Waals surface area contributed by atoms with Gasteiger partial charge in [0.15, 0.2) is 0 Å².